The van der Waals surface area contributed by atoms with Crippen molar-refractivity contribution in [1.82, 2.24) is 5.32 Å². The molecule has 0 radical (unpaired) electrons. The second-order valence-electron chi connectivity index (χ2n) is 3.27. The topological polar surface area (TPSA) is 75.6 Å². The van der Waals surface area contributed by atoms with Crippen LogP contribution >= 0.6 is 0 Å². The summed E-state index contributed by atoms with van der Waals surface area (Å²) in [6.07, 6.45) is 2.73. The van der Waals surface area contributed by atoms with E-state index in [-0.39, 0.29) is 12.3 Å². The third kappa shape index (κ3) is 7.00. The fraction of sp³-hybridized carbons (Fsp3) is 0.636. The SMILES string of the molecule is C=CCCC(NC(=O)CCOCC)C(=O)O. The molecule has 92 valence electrons. The van der Waals surface area contributed by atoms with E-state index in [9.17, 15) is 9.59 Å². The van der Waals surface area contributed by atoms with Crippen molar-refractivity contribution in [2.75, 3.05) is 13.2 Å². The van der Waals surface area contributed by atoms with Gasteiger partial charge in [-0.1, -0.05) is 6.08 Å². The fourth-order valence-corrected chi connectivity index (χ4v) is 1.12. The van der Waals surface area contributed by atoms with Gasteiger partial charge >= 0.3 is 5.97 Å². The standard InChI is InChI=1S/C11H19NO4/c1-3-5-6-9(11(14)15)12-10(13)7-8-16-4-2/h3,9H,1,4-8H2,2H3,(H,12,13)(H,14,15). The van der Waals surface area contributed by atoms with Gasteiger partial charge in [0.1, 0.15) is 6.04 Å². The van der Waals surface area contributed by atoms with Crippen molar-refractivity contribution in [3.63, 3.8) is 0 Å². The van der Waals surface area contributed by atoms with Crippen LogP contribution in [0.4, 0.5) is 0 Å². The molecule has 0 heterocycles. The summed E-state index contributed by atoms with van der Waals surface area (Å²) in [5.74, 6) is -1.32. The number of carbonyl (C=O) groups excluding carboxylic acids is 1. The largest absolute Gasteiger partial charge is 0.480 e. The van der Waals surface area contributed by atoms with Gasteiger partial charge in [-0.3, -0.25) is 4.79 Å². The predicted molar refractivity (Wildman–Crippen MR) is 60.1 cm³/mol. The smallest absolute Gasteiger partial charge is 0.326 e. The van der Waals surface area contributed by atoms with E-state index in [2.05, 4.69) is 11.9 Å². The summed E-state index contributed by atoms with van der Waals surface area (Å²) < 4.78 is 5.00. The van der Waals surface area contributed by atoms with Gasteiger partial charge in [0.05, 0.1) is 6.61 Å². The first-order valence-electron chi connectivity index (χ1n) is 5.32. The molecule has 0 aromatic heterocycles. The van der Waals surface area contributed by atoms with Gasteiger partial charge in [0.25, 0.3) is 0 Å². The van der Waals surface area contributed by atoms with Crippen molar-refractivity contribution in [3.8, 4) is 0 Å². The van der Waals surface area contributed by atoms with E-state index in [4.69, 9.17) is 9.84 Å². The van der Waals surface area contributed by atoms with Crippen molar-refractivity contribution >= 4 is 11.9 Å². The van der Waals surface area contributed by atoms with Crippen molar-refractivity contribution in [1.29, 1.82) is 0 Å². The molecule has 0 aromatic rings. The van der Waals surface area contributed by atoms with Crippen LogP contribution in [0.5, 0.6) is 0 Å². The number of ether oxygens (including phenoxy) is 1. The number of nitrogens with one attached hydrogen (secondary N) is 1. The molecule has 0 saturated carbocycles. The lowest BCUT2D eigenvalue weighted by Gasteiger charge is -2.13. The molecule has 0 aliphatic rings. The fourth-order valence-electron chi connectivity index (χ4n) is 1.12. The zero-order chi connectivity index (χ0) is 12.4. The first-order chi connectivity index (χ1) is 7.61. The van der Waals surface area contributed by atoms with E-state index in [1.807, 2.05) is 6.92 Å². The molecular formula is C11H19NO4. The van der Waals surface area contributed by atoms with Crippen molar-refractivity contribution < 1.29 is 19.4 Å². The number of allylic oxidation sites excluding steroid dienone is 1. The zero-order valence-corrected chi connectivity index (χ0v) is 9.57. The van der Waals surface area contributed by atoms with Crippen LogP contribution in [-0.2, 0) is 14.3 Å². The van der Waals surface area contributed by atoms with Crippen LogP contribution in [0.3, 0.4) is 0 Å². The average Bonchev–Trinajstić information content (AvgIpc) is 2.24. The van der Waals surface area contributed by atoms with E-state index in [1.165, 1.54) is 0 Å². The number of aliphatic carboxylic acids is 1. The molecule has 2 N–H and O–H groups in total. The molecule has 0 fully saturated rings. The summed E-state index contributed by atoms with van der Waals surface area (Å²) in [6.45, 7) is 6.20. The maximum atomic E-state index is 11.3. The molecule has 0 spiro atoms. The van der Waals surface area contributed by atoms with Crippen molar-refractivity contribution in [2.45, 2.75) is 32.2 Å². The predicted octanol–water partition coefficient (Wildman–Crippen LogP) is 0.949. The van der Waals surface area contributed by atoms with Gasteiger partial charge in [-0.15, -0.1) is 6.58 Å². The minimum absolute atomic E-state index is 0.186. The molecule has 0 saturated heterocycles. The Morgan fingerprint density at radius 2 is 2.25 bits per heavy atom. The van der Waals surface area contributed by atoms with Gasteiger partial charge in [-0.25, -0.2) is 4.79 Å². The van der Waals surface area contributed by atoms with Gasteiger partial charge < -0.3 is 15.2 Å². The maximum absolute atomic E-state index is 11.3. The van der Waals surface area contributed by atoms with E-state index in [0.717, 1.165) is 0 Å². The Morgan fingerprint density at radius 3 is 2.75 bits per heavy atom. The highest BCUT2D eigenvalue weighted by molar-refractivity contribution is 5.83. The number of rotatable bonds is 9. The molecule has 5 heteroatoms. The number of carboxylic acids is 1. The van der Waals surface area contributed by atoms with Crippen molar-refractivity contribution in [3.05, 3.63) is 12.7 Å². The second kappa shape index (κ2) is 8.91. The summed E-state index contributed by atoms with van der Waals surface area (Å²) in [4.78, 5) is 22.1. The molecular weight excluding hydrogens is 210 g/mol. The Hall–Kier alpha value is -1.36. The zero-order valence-electron chi connectivity index (χ0n) is 9.57. The molecule has 1 unspecified atom stereocenters. The van der Waals surface area contributed by atoms with Gasteiger partial charge in [0, 0.05) is 13.0 Å². The summed E-state index contributed by atoms with van der Waals surface area (Å²) in [5, 5.41) is 11.3. The lowest BCUT2D eigenvalue weighted by atomic mass is 10.1. The second-order valence-corrected chi connectivity index (χ2v) is 3.27. The molecule has 1 amide bonds. The van der Waals surface area contributed by atoms with Crippen LogP contribution in [0.15, 0.2) is 12.7 Å². The Morgan fingerprint density at radius 1 is 1.56 bits per heavy atom. The minimum Gasteiger partial charge on any atom is -0.480 e. The average molecular weight is 229 g/mol. The number of hydrogen-bond donors (Lipinski definition) is 2. The molecule has 0 rings (SSSR count). The van der Waals surface area contributed by atoms with Crippen LogP contribution in [0.1, 0.15) is 26.2 Å². The maximum Gasteiger partial charge on any atom is 0.326 e. The third-order valence-electron chi connectivity index (χ3n) is 1.97. The Labute approximate surface area is 95.5 Å². The molecule has 1 atom stereocenters. The summed E-state index contributed by atoms with van der Waals surface area (Å²) >= 11 is 0. The van der Waals surface area contributed by atoms with Crippen LogP contribution in [0.2, 0.25) is 0 Å². The van der Waals surface area contributed by atoms with Gasteiger partial charge in [0.2, 0.25) is 5.91 Å². The quantitative estimate of drug-likeness (QED) is 0.456. The lowest BCUT2D eigenvalue weighted by Crippen LogP contribution is -2.41. The molecule has 0 aromatic carbocycles. The monoisotopic (exact) mass is 229 g/mol. The molecule has 16 heavy (non-hydrogen) atoms. The Bertz CT molecular complexity index is 240. The van der Waals surface area contributed by atoms with E-state index in [1.54, 1.807) is 6.08 Å². The third-order valence-corrected chi connectivity index (χ3v) is 1.97. The van der Waals surface area contributed by atoms with E-state index in [0.29, 0.717) is 26.1 Å². The van der Waals surface area contributed by atoms with Gasteiger partial charge in [-0.2, -0.15) is 0 Å². The van der Waals surface area contributed by atoms with E-state index >= 15 is 0 Å². The van der Waals surface area contributed by atoms with Crippen molar-refractivity contribution in [2.24, 2.45) is 0 Å². The summed E-state index contributed by atoms with van der Waals surface area (Å²) in [7, 11) is 0. The highest BCUT2D eigenvalue weighted by Crippen LogP contribution is 1.99. The highest BCUT2D eigenvalue weighted by atomic mass is 16.5. The first kappa shape index (κ1) is 14.6. The van der Waals surface area contributed by atoms with Crippen LogP contribution < -0.4 is 5.32 Å². The van der Waals surface area contributed by atoms with Crippen LogP contribution in [0, 0.1) is 0 Å². The Balaban J connectivity index is 3.93. The highest BCUT2D eigenvalue weighted by Gasteiger charge is 2.18. The molecule has 0 bridgehead atoms. The number of amides is 1. The summed E-state index contributed by atoms with van der Waals surface area (Å²) in [6, 6.07) is -0.841. The van der Waals surface area contributed by atoms with E-state index < -0.39 is 12.0 Å². The van der Waals surface area contributed by atoms with Gasteiger partial charge in [0.15, 0.2) is 0 Å². The van der Waals surface area contributed by atoms with Gasteiger partial charge in [-0.05, 0) is 19.8 Å². The number of hydrogen-bond acceptors (Lipinski definition) is 3. The Kier molecular flexibility index (Phi) is 8.15. The molecule has 0 aliphatic carbocycles. The van der Waals surface area contributed by atoms with Crippen LogP contribution in [0.25, 0.3) is 0 Å². The normalized spacial score (nSPS) is 11.8. The summed E-state index contributed by atoms with van der Waals surface area (Å²) in [5.41, 5.74) is 0. The minimum atomic E-state index is -1.02. The molecule has 5 nitrogen and oxygen atoms in total. The molecule has 0 aliphatic heterocycles. The number of carbonyl (C=O) groups is 2. The first-order valence-corrected chi connectivity index (χ1v) is 5.32. The lowest BCUT2D eigenvalue weighted by molar-refractivity contribution is -0.142. The van der Waals surface area contributed by atoms with Crippen LogP contribution in [-0.4, -0.2) is 36.2 Å². The number of carboxylic acid groups (broad SMARTS) is 1.